The van der Waals surface area contributed by atoms with Crippen LogP contribution in [0.5, 0.6) is 0 Å². The molecule has 0 bridgehead atoms. The van der Waals surface area contributed by atoms with Gasteiger partial charge in [0.2, 0.25) is 0 Å². The van der Waals surface area contributed by atoms with Gasteiger partial charge in [0.1, 0.15) is 45.4 Å². The fraction of sp³-hybridized carbons (Fsp3) is 0. The van der Waals surface area contributed by atoms with Gasteiger partial charge >= 0.3 is 0 Å². The molecule has 0 radical (unpaired) electrons. The smallest absolute Gasteiger partial charge is 0.182 e. The van der Waals surface area contributed by atoms with Crippen molar-refractivity contribution in [3.8, 4) is 68.3 Å². The summed E-state index contributed by atoms with van der Waals surface area (Å²) in [6.45, 7) is 0. The minimum Gasteiger partial charge on any atom is -0.277 e. The number of nitrogens with zero attached hydrogens (tertiary/aromatic N) is 12. The summed E-state index contributed by atoms with van der Waals surface area (Å²) in [6, 6.07) is 93.2. The second-order valence-corrected chi connectivity index (χ2v) is 24.4. The van der Waals surface area contributed by atoms with Crippen molar-refractivity contribution >= 4 is 73.5 Å². The highest BCUT2D eigenvalue weighted by Crippen LogP contribution is 2.37. The Labute approximate surface area is 489 Å². The monoisotopic (exact) mass is 1110 g/mol. The Morgan fingerprint density at radius 2 is 0.424 bits per heavy atom. The molecule has 0 N–H and O–H groups in total. The van der Waals surface area contributed by atoms with Crippen molar-refractivity contribution in [2.24, 2.45) is 0 Å². The average Bonchev–Trinajstić information content (AvgIpc) is 1.84. The van der Waals surface area contributed by atoms with Crippen LogP contribution < -0.4 is 20.7 Å². The van der Waals surface area contributed by atoms with Crippen LogP contribution in [-0.4, -0.2) is 66.2 Å². The van der Waals surface area contributed by atoms with Gasteiger partial charge in [-0.25, -0.2) is 39.9 Å². The first kappa shape index (κ1) is 49.3. The maximum atomic E-state index is 5.65. The van der Waals surface area contributed by atoms with Crippen LogP contribution in [0.25, 0.3) is 113 Å². The van der Waals surface area contributed by atoms with Crippen LogP contribution in [0.2, 0.25) is 0 Å². The average molecular weight is 1110 g/mol. The molecular weight excluding hydrogens is 1060 g/mol. The third-order valence-corrected chi connectivity index (χ3v) is 21.0. The van der Waals surface area contributed by atoms with Gasteiger partial charge < -0.3 is 0 Å². The lowest BCUT2D eigenvalue weighted by molar-refractivity contribution is 1.08. The zero-order valence-corrected chi connectivity index (χ0v) is 46.6. The quantitative estimate of drug-likeness (QED) is 0.0875. The van der Waals surface area contributed by atoms with Gasteiger partial charge in [-0.05, 0) is 118 Å². The number of rotatable bonds is 12. The van der Waals surface area contributed by atoms with Crippen molar-refractivity contribution in [1.29, 1.82) is 0 Å². The first-order chi connectivity index (χ1) is 42.2. The third kappa shape index (κ3) is 7.97. The second-order valence-electron chi connectivity index (χ2n) is 20.7. The van der Waals surface area contributed by atoms with Gasteiger partial charge in [0.15, 0.2) is 30.7 Å². The minimum atomic E-state index is -4.20. The topological polar surface area (TPSA) is 123 Å². The second kappa shape index (κ2) is 20.5. The van der Waals surface area contributed by atoms with Crippen molar-refractivity contribution in [3.05, 3.63) is 292 Å². The Morgan fingerprint density at radius 3 is 0.659 bits per heavy atom. The molecule has 8 aromatic carbocycles. The molecule has 0 saturated carbocycles. The number of imidazole rings is 4. The summed E-state index contributed by atoms with van der Waals surface area (Å²) >= 11 is 0. The highest BCUT2D eigenvalue weighted by Gasteiger charge is 2.49. The molecule has 13 heteroatoms. The van der Waals surface area contributed by atoms with E-state index in [-0.39, 0.29) is 0 Å². The summed E-state index contributed by atoms with van der Waals surface area (Å²) in [6.07, 6.45) is 7.37. The standard InChI is InChI=1S/C72H48N12Si/c1-5-25-49(26-6-1)81-65(77-57-37-21-45-73-69(57)81)53-33-13-17-41-61(53)85(62-42-18-14-34-54(62)66-78-58-38-22-46-74-70(58)82(66)50-27-7-2-8-28-50,63-43-19-15-35-55(63)67-79-59-39-23-47-75-71(59)83(67)51-29-9-3-10-30-51)64-44-20-16-36-56(64)68-80-60-40-24-48-76-72(60)84(68)52-31-11-4-12-32-52/h1-48H. The Balaban J connectivity index is 1.14. The molecular formula is C72H48N12Si. The van der Waals surface area contributed by atoms with E-state index in [1.54, 1.807) is 0 Å². The lowest BCUT2D eigenvalue weighted by Gasteiger charge is -2.39. The maximum absolute atomic E-state index is 5.65. The fourth-order valence-electron chi connectivity index (χ4n) is 12.5. The predicted molar refractivity (Wildman–Crippen MR) is 341 cm³/mol. The van der Waals surface area contributed by atoms with Gasteiger partial charge in [-0.3, -0.25) is 18.3 Å². The fourth-order valence-corrected chi connectivity index (χ4v) is 18.1. The maximum Gasteiger partial charge on any atom is 0.182 e. The molecule has 16 aromatic rings. The zero-order chi connectivity index (χ0) is 56.3. The highest BCUT2D eigenvalue weighted by atomic mass is 28.3. The Hall–Kier alpha value is -11.5. The third-order valence-electron chi connectivity index (χ3n) is 16.0. The molecule has 12 nitrogen and oxygen atoms in total. The summed E-state index contributed by atoms with van der Waals surface area (Å²) in [5.74, 6) is 2.95. The van der Waals surface area contributed by atoms with Crippen molar-refractivity contribution in [2.75, 3.05) is 0 Å². The minimum absolute atomic E-state index is 0.738. The largest absolute Gasteiger partial charge is 0.277 e. The van der Waals surface area contributed by atoms with Crippen LogP contribution in [0, 0.1) is 0 Å². The number of hydrogen-bond donors (Lipinski definition) is 0. The summed E-state index contributed by atoms with van der Waals surface area (Å²) in [5.41, 5.74) is 13.4. The number of pyridine rings is 4. The van der Waals surface area contributed by atoms with Crippen LogP contribution in [0.1, 0.15) is 0 Å². The van der Waals surface area contributed by atoms with E-state index in [0.29, 0.717) is 0 Å². The van der Waals surface area contributed by atoms with E-state index in [2.05, 4.69) is 212 Å². The van der Waals surface area contributed by atoms with Gasteiger partial charge in [-0.15, -0.1) is 0 Å². The van der Waals surface area contributed by atoms with Gasteiger partial charge in [0.05, 0.1) is 0 Å². The number of para-hydroxylation sites is 4. The molecule has 16 rings (SSSR count). The van der Waals surface area contributed by atoms with Crippen molar-refractivity contribution < 1.29 is 0 Å². The molecule has 400 valence electrons. The Kier molecular flexibility index (Phi) is 11.9. The lowest BCUT2D eigenvalue weighted by atomic mass is 10.1. The van der Waals surface area contributed by atoms with Crippen LogP contribution >= 0.6 is 0 Å². The molecule has 8 heterocycles. The summed E-state index contributed by atoms with van der Waals surface area (Å²) in [5, 5.41) is 4.21. The van der Waals surface area contributed by atoms with Crippen LogP contribution in [0.4, 0.5) is 0 Å². The number of benzene rings is 8. The van der Waals surface area contributed by atoms with E-state index in [4.69, 9.17) is 39.9 Å². The molecule has 0 amide bonds. The normalized spacial score (nSPS) is 11.8. The van der Waals surface area contributed by atoms with E-state index >= 15 is 0 Å². The Bertz CT molecular complexity index is 4500. The van der Waals surface area contributed by atoms with Crippen molar-refractivity contribution in [3.63, 3.8) is 0 Å². The predicted octanol–water partition coefficient (Wildman–Crippen LogP) is 12.7. The molecule has 0 unspecified atom stereocenters. The summed E-state index contributed by atoms with van der Waals surface area (Å²) < 4.78 is 8.83. The van der Waals surface area contributed by atoms with E-state index in [1.165, 1.54) is 0 Å². The molecule has 0 aliphatic rings. The molecule has 0 aliphatic carbocycles. The van der Waals surface area contributed by atoms with E-state index in [9.17, 15) is 0 Å². The van der Waals surface area contributed by atoms with Gasteiger partial charge in [0.25, 0.3) is 0 Å². The van der Waals surface area contributed by atoms with Crippen LogP contribution in [0.3, 0.4) is 0 Å². The van der Waals surface area contributed by atoms with Gasteiger partial charge in [-0.1, -0.05) is 170 Å². The van der Waals surface area contributed by atoms with E-state index in [1.807, 2.05) is 97.6 Å². The Morgan fingerprint density at radius 1 is 0.212 bits per heavy atom. The lowest BCUT2D eigenvalue weighted by Crippen LogP contribution is -2.76. The number of aromatic nitrogens is 12. The summed E-state index contributed by atoms with van der Waals surface area (Å²) in [7, 11) is -4.20. The van der Waals surface area contributed by atoms with E-state index in [0.717, 1.165) is 134 Å². The van der Waals surface area contributed by atoms with Gasteiger partial charge in [0, 0.05) is 69.8 Å². The van der Waals surface area contributed by atoms with Gasteiger partial charge in [-0.2, -0.15) is 0 Å². The molecule has 0 aliphatic heterocycles. The molecule has 0 spiro atoms. The first-order valence-electron chi connectivity index (χ1n) is 28.2. The molecule has 0 fully saturated rings. The molecule has 0 atom stereocenters. The van der Waals surface area contributed by atoms with Crippen molar-refractivity contribution in [1.82, 2.24) is 58.1 Å². The molecule has 8 aromatic heterocycles. The van der Waals surface area contributed by atoms with Crippen LogP contribution in [-0.2, 0) is 0 Å². The molecule has 0 saturated heterocycles. The SMILES string of the molecule is c1ccc(-n2c(-c3ccccc3[Si](c3ccccc3-c3nc4cccnc4n3-c3ccccc3)(c3ccccc3-c3nc4cccnc4n3-c3ccccc3)c3ccccc3-c3nc4cccnc4n3-c3ccccc3)nc3cccnc32)cc1. The highest BCUT2D eigenvalue weighted by molar-refractivity contribution is 7.22. The first-order valence-corrected chi connectivity index (χ1v) is 30.2. The number of fused-ring (bicyclic) bond motifs is 4. The van der Waals surface area contributed by atoms with Crippen LogP contribution in [0.15, 0.2) is 292 Å². The van der Waals surface area contributed by atoms with E-state index < -0.39 is 8.07 Å². The summed E-state index contributed by atoms with van der Waals surface area (Å²) in [4.78, 5) is 42.9. The number of hydrogen-bond acceptors (Lipinski definition) is 8. The zero-order valence-electron chi connectivity index (χ0n) is 45.6. The molecule has 85 heavy (non-hydrogen) atoms. The van der Waals surface area contributed by atoms with Crippen molar-refractivity contribution in [2.45, 2.75) is 0 Å².